The highest BCUT2D eigenvalue weighted by molar-refractivity contribution is 5.34. The summed E-state index contributed by atoms with van der Waals surface area (Å²) in [6.07, 6.45) is 2.24. The average Bonchev–Trinajstić information content (AvgIpc) is 2.89. The van der Waals surface area contributed by atoms with Gasteiger partial charge in [-0.2, -0.15) is 0 Å². The van der Waals surface area contributed by atoms with Gasteiger partial charge in [0.1, 0.15) is 0 Å². The van der Waals surface area contributed by atoms with E-state index in [1.807, 2.05) is 18.2 Å². The number of nitrogens with one attached hydrogen (secondary N) is 1. The smallest absolute Gasteiger partial charge is 0.0626 e. The van der Waals surface area contributed by atoms with Crippen molar-refractivity contribution >= 4 is 0 Å². The summed E-state index contributed by atoms with van der Waals surface area (Å²) in [5, 5.41) is 13.2. The summed E-state index contributed by atoms with van der Waals surface area (Å²) in [5.74, 6) is 0. The fraction of sp³-hybridized carbons (Fsp3) is 0.294. The lowest BCUT2D eigenvalue weighted by Gasteiger charge is -2.22. The van der Waals surface area contributed by atoms with Crippen LogP contribution < -0.4 is 5.32 Å². The third-order valence-corrected chi connectivity index (χ3v) is 3.92. The van der Waals surface area contributed by atoms with Crippen molar-refractivity contribution in [2.24, 2.45) is 0 Å². The van der Waals surface area contributed by atoms with Crippen LogP contribution in [0.3, 0.4) is 0 Å². The van der Waals surface area contributed by atoms with E-state index in [2.05, 4.69) is 41.7 Å². The monoisotopic (exact) mass is 253 g/mol. The Labute approximate surface area is 114 Å². The lowest BCUT2D eigenvalue weighted by Crippen LogP contribution is -2.27. The van der Waals surface area contributed by atoms with E-state index in [0.29, 0.717) is 6.04 Å². The highest BCUT2D eigenvalue weighted by Crippen LogP contribution is 2.32. The minimum absolute atomic E-state index is 0.0114. The minimum atomic E-state index is 0.0114. The minimum Gasteiger partial charge on any atom is -0.394 e. The molecule has 3 rings (SSSR count). The van der Waals surface area contributed by atoms with E-state index in [-0.39, 0.29) is 12.6 Å². The van der Waals surface area contributed by atoms with Gasteiger partial charge in [0.15, 0.2) is 0 Å². The maximum absolute atomic E-state index is 9.63. The number of aliphatic hydroxyl groups excluding tert-OH is 1. The van der Waals surface area contributed by atoms with Crippen LogP contribution in [0, 0.1) is 0 Å². The van der Waals surface area contributed by atoms with Gasteiger partial charge in [0.05, 0.1) is 12.6 Å². The first-order valence-electron chi connectivity index (χ1n) is 6.88. The van der Waals surface area contributed by atoms with Crippen molar-refractivity contribution in [1.82, 2.24) is 5.32 Å². The van der Waals surface area contributed by atoms with Gasteiger partial charge in [0.2, 0.25) is 0 Å². The maximum atomic E-state index is 9.63. The molecule has 0 heterocycles. The zero-order chi connectivity index (χ0) is 13.1. The van der Waals surface area contributed by atoms with Gasteiger partial charge in [-0.15, -0.1) is 0 Å². The summed E-state index contributed by atoms with van der Waals surface area (Å²) < 4.78 is 0. The first kappa shape index (κ1) is 12.4. The molecule has 0 radical (unpaired) electrons. The highest BCUT2D eigenvalue weighted by Gasteiger charge is 2.24. The van der Waals surface area contributed by atoms with Crippen LogP contribution in [0.5, 0.6) is 0 Å². The number of hydrogen-bond acceptors (Lipinski definition) is 2. The molecule has 19 heavy (non-hydrogen) atoms. The highest BCUT2D eigenvalue weighted by atomic mass is 16.3. The predicted octanol–water partition coefficient (Wildman–Crippen LogP) is 3.00. The number of rotatable bonds is 4. The lowest BCUT2D eigenvalue weighted by atomic mass is 10.0. The van der Waals surface area contributed by atoms with E-state index in [4.69, 9.17) is 0 Å². The van der Waals surface area contributed by atoms with Gasteiger partial charge in [0, 0.05) is 6.04 Å². The van der Waals surface area contributed by atoms with Crippen LogP contribution in [0.15, 0.2) is 54.6 Å². The van der Waals surface area contributed by atoms with Gasteiger partial charge in [-0.25, -0.2) is 0 Å². The summed E-state index contributed by atoms with van der Waals surface area (Å²) in [4.78, 5) is 0. The van der Waals surface area contributed by atoms with Crippen molar-refractivity contribution in [3.05, 3.63) is 71.3 Å². The fourth-order valence-corrected chi connectivity index (χ4v) is 2.91. The van der Waals surface area contributed by atoms with Gasteiger partial charge in [-0.05, 0) is 29.5 Å². The molecule has 2 atom stereocenters. The van der Waals surface area contributed by atoms with E-state index in [0.717, 1.165) is 18.4 Å². The topological polar surface area (TPSA) is 32.3 Å². The molecule has 2 aromatic rings. The van der Waals surface area contributed by atoms with E-state index >= 15 is 0 Å². The van der Waals surface area contributed by atoms with Gasteiger partial charge in [-0.1, -0.05) is 54.6 Å². The van der Waals surface area contributed by atoms with Crippen LogP contribution in [0.4, 0.5) is 0 Å². The summed E-state index contributed by atoms with van der Waals surface area (Å²) in [5.41, 5.74) is 3.97. The number of fused-ring (bicyclic) bond motifs is 1. The molecule has 2 nitrogen and oxygen atoms in total. The van der Waals surface area contributed by atoms with Crippen LogP contribution in [0.25, 0.3) is 0 Å². The third-order valence-electron chi connectivity index (χ3n) is 3.92. The number of benzene rings is 2. The van der Waals surface area contributed by atoms with Crippen molar-refractivity contribution in [3.8, 4) is 0 Å². The molecule has 0 saturated heterocycles. The van der Waals surface area contributed by atoms with Crippen LogP contribution in [0.1, 0.15) is 35.2 Å². The van der Waals surface area contributed by atoms with Crippen molar-refractivity contribution in [1.29, 1.82) is 0 Å². The first-order chi connectivity index (χ1) is 9.38. The molecule has 0 unspecified atom stereocenters. The SMILES string of the molecule is OC[C@H](N[C@H]1CCc2ccccc21)c1ccccc1. The van der Waals surface area contributed by atoms with Gasteiger partial charge in [0.25, 0.3) is 0 Å². The van der Waals surface area contributed by atoms with E-state index in [9.17, 15) is 5.11 Å². The first-order valence-corrected chi connectivity index (χ1v) is 6.88. The largest absolute Gasteiger partial charge is 0.394 e. The van der Waals surface area contributed by atoms with Gasteiger partial charge < -0.3 is 10.4 Å². The zero-order valence-corrected chi connectivity index (χ0v) is 10.9. The molecule has 0 spiro atoms. The van der Waals surface area contributed by atoms with E-state index < -0.39 is 0 Å². The Kier molecular flexibility index (Phi) is 3.62. The van der Waals surface area contributed by atoms with Crippen molar-refractivity contribution in [3.63, 3.8) is 0 Å². The molecule has 0 bridgehead atoms. The molecule has 1 aliphatic rings. The Morgan fingerprint density at radius 3 is 2.58 bits per heavy atom. The van der Waals surface area contributed by atoms with Gasteiger partial charge >= 0.3 is 0 Å². The molecule has 98 valence electrons. The second kappa shape index (κ2) is 5.55. The molecule has 2 N–H and O–H groups in total. The molecule has 2 aromatic carbocycles. The summed E-state index contributed by atoms with van der Waals surface area (Å²) in [6.45, 7) is 0.128. The Morgan fingerprint density at radius 2 is 1.79 bits per heavy atom. The number of hydrogen-bond donors (Lipinski definition) is 2. The zero-order valence-electron chi connectivity index (χ0n) is 10.9. The van der Waals surface area contributed by atoms with Crippen LogP contribution in [-0.2, 0) is 6.42 Å². The molecule has 0 fully saturated rings. The van der Waals surface area contributed by atoms with Crippen molar-refractivity contribution < 1.29 is 5.11 Å². The quantitative estimate of drug-likeness (QED) is 0.878. The molecular formula is C17H19NO. The Hall–Kier alpha value is -1.64. The van der Waals surface area contributed by atoms with Crippen molar-refractivity contribution in [2.75, 3.05) is 6.61 Å². The van der Waals surface area contributed by atoms with Crippen molar-refractivity contribution in [2.45, 2.75) is 24.9 Å². The van der Waals surface area contributed by atoms with Crippen LogP contribution in [-0.4, -0.2) is 11.7 Å². The molecule has 0 aromatic heterocycles. The second-order valence-electron chi connectivity index (χ2n) is 5.10. The van der Waals surface area contributed by atoms with Crippen LogP contribution in [0.2, 0.25) is 0 Å². The Balaban J connectivity index is 1.78. The average molecular weight is 253 g/mol. The molecule has 0 amide bonds. The van der Waals surface area contributed by atoms with E-state index in [1.165, 1.54) is 11.1 Å². The second-order valence-corrected chi connectivity index (χ2v) is 5.10. The molecule has 0 saturated carbocycles. The predicted molar refractivity (Wildman–Crippen MR) is 76.9 cm³/mol. The molecule has 1 aliphatic carbocycles. The Morgan fingerprint density at radius 1 is 1.05 bits per heavy atom. The standard InChI is InChI=1S/C17H19NO/c19-12-17(14-7-2-1-3-8-14)18-16-11-10-13-6-4-5-9-15(13)16/h1-9,16-19H,10-12H2/t16-,17-/m0/s1. The number of aryl methyl sites for hydroxylation is 1. The summed E-state index contributed by atoms with van der Waals surface area (Å²) in [7, 11) is 0. The molecule has 0 aliphatic heterocycles. The maximum Gasteiger partial charge on any atom is 0.0626 e. The summed E-state index contributed by atoms with van der Waals surface area (Å²) >= 11 is 0. The Bertz CT molecular complexity index is 538. The fourth-order valence-electron chi connectivity index (χ4n) is 2.91. The molecule has 2 heteroatoms. The van der Waals surface area contributed by atoms with E-state index in [1.54, 1.807) is 0 Å². The third kappa shape index (κ3) is 2.55. The number of aliphatic hydroxyl groups is 1. The summed E-state index contributed by atoms with van der Waals surface area (Å²) in [6, 6.07) is 19.1. The normalized spacial score (nSPS) is 19.1. The van der Waals surface area contributed by atoms with Gasteiger partial charge in [-0.3, -0.25) is 0 Å². The lowest BCUT2D eigenvalue weighted by molar-refractivity contribution is 0.233. The molecular weight excluding hydrogens is 234 g/mol. The van der Waals surface area contributed by atoms with Crippen LogP contribution >= 0.6 is 0 Å².